The molecule has 1 heterocycles. The molecule has 6 heteroatoms. The maximum Gasteiger partial charge on any atom is 0.343 e. The first-order valence-electron chi connectivity index (χ1n) is 5.56. The number of rotatable bonds is 3. The van der Waals surface area contributed by atoms with Crippen LogP contribution in [0.5, 0.6) is 11.6 Å². The predicted molar refractivity (Wildman–Crippen MR) is 66.8 cm³/mol. The van der Waals surface area contributed by atoms with E-state index in [-0.39, 0.29) is 17.0 Å². The Hall–Kier alpha value is -2.94. The molecule has 100 valence electrons. The van der Waals surface area contributed by atoms with Crippen molar-refractivity contribution in [3.63, 3.8) is 0 Å². The van der Waals surface area contributed by atoms with Gasteiger partial charge in [0.15, 0.2) is 0 Å². The maximum absolute atomic E-state index is 12.8. The summed E-state index contributed by atoms with van der Waals surface area (Å²) in [6, 6.07) is 8.42. The molecular weight excluding hydrogens is 263 g/mol. The van der Waals surface area contributed by atoms with E-state index in [2.05, 4.69) is 9.72 Å². The van der Waals surface area contributed by atoms with Crippen LogP contribution in [0.3, 0.4) is 0 Å². The zero-order valence-corrected chi connectivity index (χ0v) is 10.5. The van der Waals surface area contributed by atoms with Crippen LogP contribution in [0.4, 0.5) is 4.39 Å². The van der Waals surface area contributed by atoms with Crippen LogP contribution < -0.4 is 4.74 Å². The highest BCUT2D eigenvalue weighted by Gasteiger charge is 2.16. The monoisotopic (exact) mass is 272 g/mol. The summed E-state index contributed by atoms with van der Waals surface area (Å²) in [5.74, 6) is -0.777. The Morgan fingerprint density at radius 2 is 2.05 bits per heavy atom. The van der Waals surface area contributed by atoms with Crippen molar-refractivity contribution in [3.8, 4) is 17.7 Å². The van der Waals surface area contributed by atoms with Crippen LogP contribution in [0.25, 0.3) is 0 Å². The van der Waals surface area contributed by atoms with E-state index in [1.165, 1.54) is 43.6 Å². The molecule has 0 radical (unpaired) electrons. The summed E-state index contributed by atoms with van der Waals surface area (Å²) in [6.45, 7) is 0. The van der Waals surface area contributed by atoms with Gasteiger partial charge in [0.1, 0.15) is 23.2 Å². The first-order valence-corrected chi connectivity index (χ1v) is 5.56. The molecule has 20 heavy (non-hydrogen) atoms. The first-order chi connectivity index (χ1) is 9.63. The lowest BCUT2D eigenvalue weighted by Crippen LogP contribution is -2.06. The average Bonchev–Trinajstić information content (AvgIpc) is 2.49. The number of methoxy groups -OCH3 is 1. The van der Waals surface area contributed by atoms with E-state index in [0.29, 0.717) is 5.75 Å². The van der Waals surface area contributed by atoms with Crippen LogP contribution in [0.2, 0.25) is 0 Å². The number of pyridine rings is 1. The summed E-state index contributed by atoms with van der Waals surface area (Å²) in [4.78, 5) is 15.5. The van der Waals surface area contributed by atoms with E-state index in [4.69, 9.17) is 10.00 Å². The molecule has 0 atom stereocenters. The largest absolute Gasteiger partial charge is 0.465 e. The number of halogens is 1. The number of carbonyl (C=O) groups excluding carboxylic acids is 1. The number of nitrogens with zero attached hydrogens (tertiary/aromatic N) is 2. The van der Waals surface area contributed by atoms with Gasteiger partial charge in [0, 0.05) is 6.20 Å². The molecular formula is C14H9FN2O3. The Labute approximate surface area is 114 Å². The van der Waals surface area contributed by atoms with Gasteiger partial charge < -0.3 is 9.47 Å². The van der Waals surface area contributed by atoms with E-state index >= 15 is 0 Å². The van der Waals surface area contributed by atoms with E-state index in [0.717, 1.165) is 0 Å². The smallest absolute Gasteiger partial charge is 0.343 e. The molecule has 1 aromatic heterocycles. The second-order valence-electron chi connectivity index (χ2n) is 3.74. The molecule has 0 spiro atoms. The van der Waals surface area contributed by atoms with Crippen molar-refractivity contribution in [1.29, 1.82) is 5.26 Å². The van der Waals surface area contributed by atoms with E-state index < -0.39 is 11.8 Å². The molecule has 2 aromatic rings. The van der Waals surface area contributed by atoms with Crippen molar-refractivity contribution in [2.45, 2.75) is 0 Å². The summed E-state index contributed by atoms with van der Waals surface area (Å²) in [7, 11) is 1.21. The molecule has 0 amide bonds. The normalized spacial score (nSPS) is 9.65. The number of carbonyl (C=O) groups is 1. The van der Waals surface area contributed by atoms with E-state index in [9.17, 15) is 9.18 Å². The highest BCUT2D eigenvalue weighted by Crippen LogP contribution is 2.24. The molecule has 5 nitrogen and oxygen atoms in total. The van der Waals surface area contributed by atoms with Crippen LogP contribution in [0.1, 0.15) is 15.9 Å². The minimum absolute atomic E-state index is 0.0116. The van der Waals surface area contributed by atoms with E-state index in [1.54, 1.807) is 0 Å². The molecule has 2 rings (SSSR count). The lowest BCUT2D eigenvalue weighted by Gasteiger charge is -2.08. The lowest BCUT2D eigenvalue weighted by molar-refractivity contribution is 0.0597. The molecule has 1 aromatic carbocycles. The van der Waals surface area contributed by atoms with Crippen LogP contribution >= 0.6 is 0 Å². The Kier molecular flexibility index (Phi) is 3.91. The molecule has 0 saturated carbocycles. The Morgan fingerprint density at radius 3 is 2.65 bits per heavy atom. The summed E-state index contributed by atoms with van der Waals surface area (Å²) < 4.78 is 22.8. The SMILES string of the molecule is COC(=O)c1cc(C#N)cnc1Oc1ccc(F)cc1. The zero-order valence-electron chi connectivity index (χ0n) is 10.5. The molecule has 0 unspecified atom stereocenters. The van der Waals surface area contributed by atoms with Gasteiger partial charge in [0.25, 0.3) is 0 Å². The number of esters is 1. The second-order valence-corrected chi connectivity index (χ2v) is 3.74. The Balaban J connectivity index is 2.38. The van der Waals surface area contributed by atoms with Gasteiger partial charge in [-0.15, -0.1) is 0 Å². The molecule has 0 N–H and O–H groups in total. The lowest BCUT2D eigenvalue weighted by atomic mass is 10.2. The van der Waals surface area contributed by atoms with Crippen molar-refractivity contribution in [3.05, 3.63) is 53.5 Å². The first kappa shape index (κ1) is 13.5. The number of aromatic nitrogens is 1. The second kappa shape index (κ2) is 5.80. The van der Waals surface area contributed by atoms with Crippen molar-refractivity contribution in [2.75, 3.05) is 7.11 Å². The quantitative estimate of drug-likeness (QED) is 0.803. The van der Waals surface area contributed by atoms with Crippen LogP contribution in [-0.4, -0.2) is 18.1 Å². The Morgan fingerprint density at radius 1 is 1.35 bits per heavy atom. The fraction of sp³-hybridized carbons (Fsp3) is 0.0714. The zero-order chi connectivity index (χ0) is 14.5. The molecule has 0 bridgehead atoms. The summed E-state index contributed by atoms with van der Waals surface area (Å²) in [5, 5.41) is 8.80. The van der Waals surface area contributed by atoms with Gasteiger partial charge >= 0.3 is 5.97 Å². The molecule has 0 fully saturated rings. The van der Waals surface area contributed by atoms with Crippen molar-refractivity contribution in [1.82, 2.24) is 4.98 Å². The van der Waals surface area contributed by atoms with E-state index in [1.807, 2.05) is 6.07 Å². The predicted octanol–water partition coefficient (Wildman–Crippen LogP) is 2.67. The highest BCUT2D eigenvalue weighted by atomic mass is 19.1. The third kappa shape index (κ3) is 2.90. The average molecular weight is 272 g/mol. The van der Waals surface area contributed by atoms with Gasteiger partial charge in [-0.2, -0.15) is 5.26 Å². The van der Waals surface area contributed by atoms with Crippen LogP contribution in [0, 0.1) is 17.1 Å². The number of ether oxygens (including phenoxy) is 2. The minimum atomic E-state index is -0.674. The third-order valence-corrected chi connectivity index (χ3v) is 2.41. The number of benzene rings is 1. The van der Waals surface area contributed by atoms with Crippen molar-refractivity contribution in [2.24, 2.45) is 0 Å². The number of nitriles is 1. The minimum Gasteiger partial charge on any atom is -0.465 e. The summed E-state index contributed by atoms with van der Waals surface area (Å²) in [5.41, 5.74) is 0.229. The van der Waals surface area contributed by atoms with Crippen LogP contribution in [0.15, 0.2) is 36.5 Å². The number of hydrogen-bond acceptors (Lipinski definition) is 5. The van der Waals surface area contributed by atoms with Gasteiger partial charge in [-0.3, -0.25) is 0 Å². The topological polar surface area (TPSA) is 72.2 Å². The molecule has 0 aliphatic heterocycles. The fourth-order valence-electron chi connectivity index (χ4n) is 1.47. The van der Waals surface area contributed by atoms with Gasteiger partial charge in [-0.1, -0.05) is 0 Å². The maximum atomic E-state index is 12.8. The third-order valence-electron chi connectivity index (χ3n) is 2.41. The van der Waals surface area contributed by atoms with Gasteiger partial charge in [0.05, 0.1) is 12.7 Å². The number of hydrogen-bond donors (Lipinski definition) is 0. The van der Waals surface area contributed by atoms with Crippen molar-refractivity contribution >= 4 is 5.97 Å². The highest BCUT2D eigenvalue weighted by molar-refractivity contribution is 5.92. The van der Waals surface area contributed by atoms with Gasteiger partial charge in [0.2, 0.25) is 5.88 Å². The van der Waals surface area contributed by atoms with Crippen LogP contribution in [-0.2, 0) is 4.74 Å². The Bertz CT molecular complexity index is 678. The van der Waals surface area contributed by atoms with Gasteiger partial charge in [-0.05, 0) is 30.3 Å². The molecule has 0 saturated heterocycles. The summed E-state index contributed by atoms with van der Waals surface area (Å²) in [6.07, 6.45) is 1.27. The van der Waals surface area contributed by atoms with Crippen molar-refractivity contribution < 1.29 is 18.7 Å². The molecule has 0 aliphatic carbocycles. The van der Waals surface area contributed by atoms with Gasteiger partial charge in [-0.25, -0.2) is 14.2 Å². The fourth-order valence-corrected chi connectivity index (χ4v) is 1.47. The standard InChI is InChI=1S/C14H9FN2O3/c1-19-14(18)12-6-9(7-16)8-17-13(12)20-11-4-2-10(15)3-5-11/h2-6,8H,1H3. The summed E-state index contributed by atoms with van der Waals surface area (Å²) >= 11 is 0. The molecule has 0 aliphatic rings.